The lowest BCUT2D eigenvalue weighted by molar-refractivity contribution is -0.117. The van der Waals surface area contributed by atoms with Crippen LogP contribution in [0.5, 0.6) is 0 Å². The molecule has 0 atom stereocenters. The molecule has 0 radical (unpaired) electrons. The van der Waals surface area contributed by atoms with Gasteiger partial charge in [-0.15, -0.1) is 22.7 Å². The molecule has 0 saturated carbocycles. The Morgan fingerprint density at radius 1 is 1.15 bits per heavy atom. The molecule has 0 aliphatic carbocycles. The molecule has 138 valence electrons. The molecule has 1 aromatic carbocycles. The van der Waals surface area contributed by atoms with Crippen LogP contribution in [0.3, 0.4) is 0 Å². The number of nitrogens with one attached hydrogen (secondary N) is 1. The summed E-state index contributed by atoms with van der Waals surface area (Å²) in [4.78, 5) is 31.2. The van der Waals surface area contributed by atoms with Gasteiger partial charge in [-0.1, -0.05) is 24.3 Å². The standard InChI is InChI=1S/C20H19N3O2S2/c1-15(24)23(17-6-3-2-4-7-17)20-22-16(14-27-20)9-10-19(25)21-12-11-18-8-5-13-26-18/h2-10,13-14H,11-12H2,1H3,(H,21,25)/b10-9+. The van der Waals surface area contributed by atoms with Crippen molar-refractivity contribution in [3.8, 4) is 0 Å². The summed E-state index contributed by atoms with van der Waals surface area (Å²) in [5.74, 6) is -0.273. The van der Waals surface area contributed by atoms with Gasteiger partial charge >= 0.3 is 0 Å². The topological polar surface area (TPSA) is 62.3 Å². The van der Waals surface area contributed by atoms with E-state index in [-0.39, 0.29) is 11.8 Å². The van der Waals surface area contributed by atoms with Crippen LogP contribution in [0, 0.1) is 0 Å². The van der Waals surface area contributed by atoms with Crippen molar-refractivity contribution >= 4 is 51.4 Å². The van der Waals surface area contributed by atoms with E-state index in [1.165, 1.54) is 29.2 Å². The number of rotatable bonds is 7. The average molecular weight is 398 g/mol. The van der Waals surface area contributed by atoms with E-state index >= 15 is 0 Å². The van der Waals surface area contributed by atoms with E-state index in [2.05, 4.69) is 16.4 Å². The minimum atomic E-state index is -0.160. The summed E-state index contributed by atoms with van der Waals surface area (Å²) in [5.41, 5.74) is 1.41. The molecular formula is C20H19N3O2S2. The van der Waals surface area contributed by atoms with Gasteiger partial charge in [0.2, 0.25) is 11.8 Å². The third-order valence-electron chi connectivity index (χ3n) is 3.69. The number of aromatic nitrogens is 1. The smallest absolute Gasteiger partial charge is 0.244 e. The van der Waals surface area contributed by atoms with E-state index in [9.17, 15) is 9.59 Å². The van der Waals surface area contributed by atoms with Crippen LogP contribution in [0.4, 0.5) is 10.8 Å². The maximum atomic E-state index is 12.0. The molecule has 3 rings (SSSR count). The van der Waals surface area contributed by atoms with Gasteiger partial charge < -0.3 is 5.32 Å². The summed E-state index contributed by atoms with van der Waals surface area (Å²) in [6, 6.07) is 13.4. The highest BCUT2D eigenvalue weighted by molar-refractivity contribution is 7.14. The second-order valence-corrected chi connectivity index (χ2v) is 7.57. The Bertz CT molecular complexity index is 918. The maximum Gasteiger partial charge on any atom is 0.244 e. The molecule has 0 saturated heterocycles. The number of thiophene rings is 1. The minimum Gasteiger partial charge on any atom is -0.352 e. The normalized spacial score (nSPS) is 10.9. The van der Waals surface area contributed by atoms with Crippen LogP contribution in [-0.4, -0.2) is 23.3 Å². The number of hydrogen-bond donors (Lipinski definition) is 1. The molecule has 0 aliphatic heterocycles. The Morgan fingerprint density at radius 2 is 1.96 bits per heavy atom. The summed E-state index contributed by atoms with van der Waals surface area (Å²) in [5, 5.41) is 7.28. The Morgan fingerprint density at radius 3 is 2.67 bits per heavy atom. The number of nitrogens with zero attached hydrogens (tertiary/aromatic N) is 2. The van der Waals surface area contributed by atoms with Gasteiger partial charge in [-0.3, -0.25) is 14.5 Å². The monoisotopic (exact) mass is 397 g/mol. The fourth-order valence-corrected chi connectivity index (χ4v) is 4.01. The average Bonchev–Trinajstić information content (AvgIpc) is 3.33. The van der Waals surface area contributed by atoms with E-state index in [0.29, 0.717) is 17.4 Å². The summed E-state index contributed by atoms with van der Waals surface area (Å²) in [7, 11) is 0. The molecule has 0 fully saturated rings. The molecule has 3 aromatic rings. The molecule has 2 aromatic heterocycles. The maximum absolute atomic E-state index is 12.0. The van der Waals surface area contributed by atoms with Gasteiger partial charge in [-0.2, -0.15) is 0 Å². The second-order valence-electron chi connectivity index (χ2n) is 5.70. The van der Waals surface area contributed by atoms with Crippen LogP contribution in [0.2, 0.25) is 0 Å². The molecule has 0 unspecified atom stereocenters. The van der Waals surface area contributed by atoms with E-state index in [1.54, 1.807) is 22.3 Å². The molecule has 2 amide bonds. The second kappa shape index (κ2) is 9.25. The molecule has 2 heterocycles. The van der Waals surface area contributed by atoms with Crippen molar-refractivity contribution < 1.29 is 9.59 Å². The first-order valence-corrected chi connectivity index (χ1v) is 10.2. The zero-order valence-electron chi connectivity index (χ0n) is 14.8. The van der Waals surface area contributed by atoms with Crippen molar-refractivity contribution in [1.29, 1.82) is 0 Å². The summed E-state index contributed by atoms with van der Waals surface area (Å²) < 4.78 is 0. The molecule has 1 N–H and O–H groups in total. The van der Waals surface area contributed by atoms with Crippen molar-refractivity contribution in [3.63, 3.8) is 0 Å². The van der Waals surface area contributed by atoms with Gasteiger partial charge in [-0.25, -0.2) is 4.98 Å². The third kappa shape index (κ3) is 5.35. The van der Waals surface area contributed by atoms with Crippen LogP contribution in [0.1, 0.15) is 17.5 Å². The van der Waals surface area contributed by atoms with E-state index in [0.717, 1.165) is 12.1 Å². The lowest BCUT2D eigenvalue weighted by Crippen LogP contribution is -2.23. The zero-order valence-corrected chi connectivity index (χ0v) is 16.4. The molecular weight excluding hydrogens is 378 g/mol. The number of anilines is 2. The molecule has 0 spiro atoms. The minimum absolute atomic E-state index is 0.114. The number of benzene rings is 1. The highest BCUT2D eigenvalue weighted by atomic mass is 32.1. The van der Waals surface area contributed by atoms with Gasteiger partial charge in [0, 0.05) is 29.8 Å². The van der Waals surface area contributed by atoms with Crippen LogP contribution in [0.15, 0.2) is 59.3 Å². The molecule has 27 heavy (non-hydrogen) atoms. The lowest BCUT2D eigenvalue weighted by Gasteiger charge is -2.17. The van der Waals surface area contributed by atoms with Crippen LogP contribution >= 0.6 is 22.7 Å². The first-order valence-electron chi connectivity index (χ1n) is 8.43. The van der Waals surface area contributed by atoms with Crippen molar-refractivity contribution in [2.45, 2.75) is 13.3 Å². The Hall–Kier alpha value is -2.77. The lowest BCUT2D eigenvalue weighted by atomic mass is 10.3. The summed E-state index contributed by atoms with van der Waals surface area (Å²) >= 11 is 3.04. The Balaban J connectivity index is 1.60. The van der Waals surface area contributed by atoms with Crippen molar-refractivity contribution in [1.82, 2.24) is 10.3 Å². The van der Waals surface area contributed by atoms with E-state index in [4.69, 9.17) is 0 Å². The van der Waals surface area contributed by atoms with Gasteiger partial charge in [0.25, 0.3) is 0 Å². The van der Waals surface area contributed by atoms with Gasteiger partial charge in [0.05, 0.1) is 11.4 Å². The molecule has 7 heteroatoms. The van der Waals surface area contributed by atoms with Crippen molar-refractivity contribution in [2.75, 3.05) is 11.4 Å². The van der Waals surface area contributed by atoms with Crippen molar-refractivity contribution in [3.05, 3.63) is 69.9 Å². The molecule has 5 nitrogen and oxygen atoms in total. The number of carbonyl (C=O) groups is 2. The summed E-state index contributed by atoms with van der Waals surface area (Å²) in [6.45, 7) is 2.10. The number of hydrogen-bond acceptors (Lipinski definition) is 5. The van der Waals surface area contributed by atoms with Gasteiger partial charge in [-0.05, 0) is 36.1 Å². The highest BCUT2D eigenvalue weighted by Gasteiger charge is 2.17. The van der Waals surface area contributed by atoms with Crippen LogP contribution in [-0.2, 0) is 16.0 Å². The number of amides is 2. The first-order chi connectivity index (χ1) is 13.1. The quantitative estimate of drug-likeness (QED) is 0.606. The highest BCUT2D eigenvalue weighted by Crippen LogP contribution is 2.28. The molecule has 0 aliphatic rings. The van der Waals surface area contributed by atoms with Gasteiger partial charge in [0.1, 0.15) is 0 Å². The fraction of sp³-hybridized carbons (Fsp3) is 0.150. The number of carbonyl (C=O) groups excluding carboxylic acids is 2. The molecule has 0 bridgehead atoms. The number of para-hydroxylation sites is 1. The number of thiazole rings is 1. The predicted octanol–water partition coefficient (Wildman–Crippen LogP) is 4.26. The van der Waals surface area contributed by atoms with Crippen LogP contribution < -0.4 is 10.2 Å². The summed E-state index contributed by atoms with van der Waals surface area (Å²) in [6.07, 6.45) is 3.94. The first kappa shape index (κ1) is 19.0. The van der Waals surface area contributed by atoms with Crippen LogP contribution in [0.25, 0.3) is 6.08 Å². The van der Waals surface area contributed by atoms with E-state index < -0.39 is 0 Å². The Kier molecular flexibility index (Phi) is 6.51. The fourth-order valence-electron chi connectivity index (χ4n) is 2.44. The van der Waals surface area contributed by atoms with Gasteiger partial charge in [0.15, 0.2) is 5.13 Å². The SMILES string of the molecule is CC(=O)N(c1ccccc1)c1nc(/C=C/C(=O)NCCc2cccs2)cs1. The van der Waals surface area contributed by atoms with E-state index in [1.807, 2.05) is 47.2 Å². The largest absolute Gasteiger partial charge is 0.352 e. The van der Waals surface area contributed by atoms with Crippen molar-refractivity contribution in [2.24, 2.45) is 0 Å². The zero-order chi connectivity index (χ0) is 19.1. The third-order valence-corrected chi connectivity index (χ3v) is 5.47. The Labute approximate surface area is 166 Å². The predicted molar refractivity (Wildman–Crippen MR) is 111 cm³/mol.